The molecule has 0 saturated carbocycles. The van der Waals surface area contributed by atoms with Crippen LogP contribution in [0.4, 0.5) is 22.0 Å². The Morgan fingerprint density at radius 3 is 1.40 bits per heavy atom. The van der Waals surface area contributed by atoms with Gasteiger partial charge in [-0.25, -0.2) is 4.39 Å². The number of hydrogen-bond donors (Lipinski definition) is 2. The molecule has 0 aromatic rings. The molecule has 0 aliphatic rings. The molecule has 10 heavy (non-hydrogen) atoms. The second kappa shape index (κ2) is 2.77. The van der Waals surface area contributed by atoms with Crippen LogP contribution in [0.1, 0.15) is 0 Å². The smallest absolute Gasteiger partial charge is 0.229 e. The van der Waals surface area contributed by atoms with E-state index in [1.165, 1.54) is 0 Å². The molecule has 0 bridgehead atoms. The van der Waals surface area contributed by atoms with Gasteiger partial charge in [-0.3, -0.25) is 0 Å². The minimum absolute atomic E-state index is 2.20. The lowest BCUT2D eigenvalue weighted by Crippen LogP contribution is -2.41. The summed E-state index contributed by atoms with van der Waals surface area (Å²) >= 11 is 4.73. The molecule has 0 nitrogen and oxygen atoms in total. The third-order valence-corrected chi connectivity index (χ3v) is 1.32. The van der Waals surface area contributed by atoms with Crippen molar-refractivity contribution in [1.82, 2.24) is 0 Å². The van der Waals surface area contributed by atoms with Crippen molar-refractivity contribution in [2.24, 2.45) is 0 Å². The highest BCUT2D eigenvalue weighted by atomic mass is 32.1. The fraction of sp³-hybridized carbons (Fsp3) is 1.00. The lowest BCUT2D eigenvalue weighted by atomic mass is 10.4. The SMILES string of the molecule is FC(S)C(F)(F)C(F)(F)S. The highest BCUT2D eigenvalue weighted by molar-refractivity contribution is 7.82. The van der Waals surface area contributed by atoms with Crippen LogP contribution in [0.2, 0.25) is 0 Å². The fourth-order valence-electron chi connectivity index (χ4n) is 0.143. The molecule has 0 fully saturated rings. The van der Waals surface area contributed by atoms with Crippen LogP contribution in [-0.2, 0) is 0 Å². The lowest BCUT2D eigenvalue weighted by Gasteiger charge is -2.22. The first-order chi connectivity index (χ1) is 4.19. The summed E-state index contributed by atoms with van der Waals surface area (Å²) in [5.41, 5.74) is -3.21. The molecule has 0 radical (unpaired) electrons. The molecule has 0 aliphatic carbocycles. The van der Waals surface area contributed by atoms with Crippen molar-refractivity contribution in [1.29, 1.82) is 0 Å². The Labute approximate surface area is 64.6 Å². The van der Waals surface area contributed by atoms with Gasteiger partial charge < -0.3 is 0 Å². The van der Waals surface area contributed by atoms with E-state index in [0.717, 1.165) is 0 Å². The zero-order valence-corrected chi connectivity index (χ0v) is 6.15. The second-order valence-corrected chi connectivity index (χ2v) is 2.52. The average Bonchev–Trinajstić information content (AvgIpc) is 1.62. The molecule has 7 heteroatoms. The summed E-state index contributed by atoms with van der Waals surface area (Å²) in [4.78, 5) is 0. The molecule has 62 valence electrons. The molecular weight excluding hydrogens is 195 g/mol. The van der Waals surface area contributed by atoms with E-state index in [9.17, 15) is 22.0 Å². The molecule has 0 rings (SSSR count). The summed E-state index contributed by atoms with van der Waals surface area (Å²) in [7, 11) is 0. The van der Waals surface area contributed by atoms with Crippen molar-refractivity contribution in [3.8, 4) is 0 Å². The summed E-state index contributed by atoms with van der Waals surface area (Å²) in [6.07, 6.45) is 0. The molecule has 0 aromatic heterocycles. The maximum Gasteiger partial charge on any atom is 0.359 e. The summed E-state index contributed by atoms with van der Waals surface area (Å²) in [6.45, 7) is 0. The van der Waals surface area contributed by atoms with Gasteiger partial charge in [-0.1, -0.05) is 12.6 Å². The van der Waals surface area contributed by atoms with Crippen molar-refractivity contribution in [2.75, 3.05) is 0 Å². The molecular formula is C3H3F5S2. The Morgan fingerprint density at radius 2 is 1.40 bits per heavy atom. The van der Waals surface area contributed by atoms with E-state index in [4.69, 9.17) is 0 Å². The van der Waals surface area contributed by atoms with Crippen LogP contribution in [0.25, 0.3) is 0 Å². The monoisotopic (exact) mass is 198 g/mol. The maximum absolute atomic E-state index is 11.8. The predicted octanol–water partition coefficient (Wildman–Crippen LogP) is 2.37. The minimum atomic E-state index is -4.83. The van der Waals surface area contributed by atoms with E-state index in [-0.39, 0.29) is 0 Å². The highest BCUT2D eigenvalue weighted by Gasteiger charge is 2.58. The molecule has 0 aliphatic heterocycles. The average molecular weight is 198 g/mol. The van der Waals surface area contributed by atoms with Gasteiger partial charge in [-0.05, 0) is 0 Å². The van der Waals surface area contributed by atoms with Crippen molar-refractivity contribution >= 4 is 25.3 Å². The number of hydrogen-bond acceptors (Lipinski definition) is 2. The second-order valence-electron chi connectivity index (χ2n) is 1.50. The first-order valence-corrected chi connectivity index (χ1v) is 2.96. The predicted molar refractivity (Wildman–Crippen MR) is 32.8 cm³/mol. The molecule has 1 atom stereocenters. The summed E-state index contributed by atoms with van der Waals surface area (Å²) < 4.78 is 58.3. The summed E-state index contributed by atoms with van der Waals surface area (Å²) in [5.74, 6) is -4.83. The van der Waals surface area contributed by atoms with Gasteiger partial charge in [0, 0.05) is 0 Å². The van der Waals surface area contributed by atoms with Crippen molar-refractivity contribution in [2.45, 2.75) is 16.7 Å². The normalized spacial score (nSPS) is 17.1. The molecule has 1 unspecified atom stereocenters. The van der Waals surface area contributed by atoms with Crippen LogP contribution in [0.15, 0.2) is 0 Å². The summed E-state index contributed by atoms with van der Waals surface area (Å²) in [6, 6.07) is 0. The van der Waals surface area contributed by atoms with Crippen LogP contribution < -0.4 is 0 Å². The lowest BCUT2D eigenvalue weighted by molar-refractivity contribution is -0.168. The zero-order chi connectivity index (χ0) is 8.58. The number of alkyl halides is 5. The zero-order valence-electron chi connectivity index (χ0n) is 4.36. The molecule has 0 N–H and O–H groups in total. The Bertz CT molecular complexity index is 117. The Morgan fingerprint density at radius 1 is 1.10 bits per heavy atom. The van der Waals surface area contributed by atoms with Crippen LogP contribution in [-0.4, -0.2) is 16.7 Å². The molecule has 0 saturated heterocycles. The Hall–Kier alpha value is 0.350. The molecule has 0 amide bonds. The van der Waals surface area contributed by atoms with Crippen LogP contribution >= 0.6 is 25.3 Å². The van der Waals surface area contributed by atoms with Gasteiger partial charge in [0.25, 0.3) is 0 Å². The molecule has 0 heterocycles. The standard InChI is InChI=1S/C3H3F5S2/c4-1(9)2(5,6)3(7,8)10/h1,9-10H. The Balaban J connectivity index is 4.40. The first kappa shape index (κ1) is 10.3. The first-order valence-electron chi connectivity index (χ1n) is 1.99. The Kier molecular flexibility index (Phi) is 2.86. The van der Waals surface area contributed by atoms with Gasteiger partial charge in [0.05, 0.1) is 0 Å². The highest BCUT2D eigenvalue weighted by Crippen LogP contribution is 2.41. The summed E-state index contributed by atoms with van der Waals surface area (Å²) in [5, 5.41) is -4.67. The van der Waals surface area contributed by atoms with Gasteiger partial charge in [-0.2, -0.15) is 17.6 Å². The third kappa shape index (κ3) is 1.91. The number of halogens is 5. The van der Waals surface area contributed by atoms with Gasteiger partial charge >= 0.3 is 11.2 Å². The van der Waals surface area contributed by atoms with Crippen LogP contribution in [0.3, 0.4) is 0 Å². The van der Waals surface area contributed by atoms with Crippen LogP contribution in [0, 0.1) is 0 Å². The molecule has 0 aromatic carbocycles. The van der Waals surface area contributed by atoms with E-state index < -0.39 is 16.7 Å². The minimum Gasteiger partial charge on any atom is -0.229 e. The van der Waals surface area contributed by atoms with Gasteiger partial charge in [0.1, 0.15) is 0 Å². The van der Waals surface area contributed by atoms with Crippen molar-refractivity contribution in [3.05, 3.63) is 0 Å². The fourth-order valence-corrected chi connectivity index (χ4v) is 0.521. The largest absolute Gasteiger partial charge is 0.359 e. The quantitative estimate of drug-likeness (QED) is 0.494. The molecule has 0 spiro atoms. The van der Waals surface area contributed by atoms with Gasteiger partial charge in [0.2, 0.25) is 5.50 Å². The van der Waals surface area contributed by atoms with Crippen molar-refractivity contribution in [3.63, 3.8) is 0 Å². The number of thiol groups is 2. The number of rotatable bonds is 2. The van der Waals surface area contributed by atoms with Crippen molar-refractivity contribution < 1.29 is 22.0 Å². The van der Waals surface area contributed by atoms with Gasteiger partial charge in [-0.15, -0.1) is 12.6 Å². The van der Waals surface area contributed by atoms with E-state index in [1.54, 1.807) is 0 Å². The topological polar surface area (TPSA) is 0 Å². The van der Waals surface area contributed by atoms with E-state index in [1.807, 2.05) is 0 Å². The van der Waals surface area contributed by atoms with E-state index in [0.29, 0.717) is 0 Å². The van der Waals surface area contributed by atoms with E-state index in [2.05, 4.69) is 25.3 Å². The van der Waals surface area contributed by atoms with Crippen LogP contribution in [0.5, 0.6) is 0 Å². The third-order valence-electron chi connectivity index (χ3n) is 0.700. The van der Waals surface area contributed by atoms with E-state index >= 15 is 0 Å². The van der Waals surface area contributed by atoms with Gasteiger partial charge in [0.15, 0.2) is 0 Å². The maximum atomic E-state index is 11.8.